The number of nitrogens with zero attached hydrogens (tertiary/aromatic N) is 2. The minimum Gasteiger partial charge on any atom is -0.310 e. The predicted molar refractivity (Wildman–Crippen MR) is 236 cm³/mol. The van der Waals surface area contributed by atoms with Gasteiger partial charge in [0, 0.05) is 39.5 Å². The lowest BCUT2D eigenvalue weighted by molar-refractivity contribution is 0.660. The van der Waals surface area contributed by atoms with Crippen LogP contribution in [0.1, 0.15) is 47.2 Å². The fourth-order valence-corrected chi connectivity index (χ4v) is 8.36. The molecule has 2 heteroatoms. The monoisotopic (exact) mass is 708 g/mol. The molecule has 8 aromatic carbocycles. The highest BCUT2D eigenvalue weighted by Crippen LogP contribution is 2.50. The van der Waals surface area contributed by atoms with Crippen LogP contribution in [0.5, 0.6) is 0 Å². The molecular weight excluding hydrogens is 665 g/mol. The van der Waals surface area contributed by atoms with Crippen molar-refractivity contribution in [3.05, 3.63) is 215 Å². The van der Waals surface area contributed by atoms with E-state index >= 15 is 0 Å². The van der Waals surface area contributed by atoms with Gasteiger partial charge in [-0.2, -0.15) is 0 Å². The normalized spacial score (nSPS) is 12.8. The molecule has 8 aromatic rings. The molecule has 0 N–H and O–H groups in total. The van der Waals surface area contributed by atoms with Crippen molar-refractivity contribution in [2.75, 3.05) is 9.80 Å². The quantitative estimate of drug-likeness (QED) is 0.145. The summed E-state index contributed by atoms with van der Waals surface area (Å²) in [5.41, 5.74) is 17.0. The van der Waals surface area contributed by atoms with Crippen molar-refractivity contribution in [3.8, 4) is 11.1 Å². The average Bonchev–Trinajstić information content (AvgIpc) is 3.44. The van der Waals surface area contributed by atoms with Crippen molar-refractivity contribution in [3.63, 3.8) is 0 Å². The highest BCUT2D eigenvalue weighted by molar-refractivity contribution is 5.90. The van der Waals surface area contributed by atoms with Crippen LogP contribution >= 0.6 is 0 Å². The number of para-hydroxylation sites is 1. The first-order valence-electron chi connectivity index (χ1n) is 19.2. The summed E-state index contributed by atoms with van der Waals surface area (Å²) < 4.78 is 0. The molecular formula is C53H44N2. The summed E-state index contributed by atoms with van der Waals surface area (Å²) in [7, 11) is 0. The van der Waals surface area contributed by atoms with E-state index in [-0.39, 0.29) is 5.41 Å². The molecule has 0 atom stereocenters. The third-order valence-electron chi connectivity index (χ3n) is 11.1. The Morgan fingerprint density at radius 1 is 0.364 bits per heavy atom. The minimum atomic E-state index is -0.0702. The number of hydrogen-bond donors (Lipinski definition) is 0. The van der Waals surface area contributed by atoms with Crippen molar-refractivity contribution < 1.29 is 0 Å². The van der Waals surface area contributed by atoms with Crippen LogP contribution in [-0.4, -0.2) is 0 Å². The lowest BCUT2D eigenvalue weighted by atomic mass is 9.82. The molecule has 1 aliphatic carbocycles. The van der Waals surface area contributed by atoms with Crippen LogP contribution < -0.4 is 9.80 Å². The van der Waals surface area contributed by atoms with Gasteiger partial charge < -0.3 is 9.80 Å². The second kappa shape index (κ2) is 14.0. The average molecular weight is 709 g/mol. The summed E-state index contributed by atoms with van der Waals surface area (Å²) in [5.74, 6) is 0. The highest BCUT2D eigenvalue weighted by atomic mass is 15.1. The molecule has 0 saturated heterocycles. The van der Waals surface area contributed by atoms with E-state index in [2.05, 4.69) is 232 Å². The van der Waals surface area contributed by atoms with Gasteiger partial charge >= 0.3 is 0 Å². The van der Waals surface area contributed by atoms with Gasteiger partial charge in [-0.15, -0.1) is 0 Å². The largest absolute Gasteiger partial charge is 0.310 e. The molecule has 0 bridgehead atoms. The molecule has 0 aliphatic heterocycles. The van der Waals surface area contributed by atoms with Crippen molar-refractivity contribution >= 4 is 57.0 Å². The minimum absolute atomic E-state index is 0.0702. The number of aryl methyl sites for hydroxylation is 2. The van der Waals surface area contributed by atoms with Crippen LogP contribution in [0.2, 0.25) is 0 Å². The molecule has 0 heterocycles. The summed E-state index contributed by atoms with van der Waals surface area (Å²) in [5, 5.41) is 2.47. The van der Waals surface area contributed by atoms with Crippen LogP contribution in [0.4, 0.5) is 34.1 Å². The molecule has 0 aromatic heterocycles. The molecule has 266 valence electrons. The van der Waals surface area contributed by atoms with Crippen LogP contribution in [0.3, 0.4) is 0 Å². The number of hydrogen-bond acceptors (Lipinski definition) is 2. The third-order valence-corrected chi connectivity index (χ3v) is 11.1. The zero-order valence-electron chi connectivity index (χ0n) is 31.9. The molecule has 0 unspecified atom stereocenters. The first-order chi connectivity index (χ1) is 26.8. The standard InChI is InChI=1S/C53H44N2/c1-37-32-38(2)34-48(33-37)55(47-30-31-50-49-16-10-11-17-51(49)53(3,4)52(50)36-47)45-27-22-40(23-28-45)19-18-39-20-25-44(26-21-39)54(43-14-6-5-7-15-43)46-29-24-41-12-8-9-13-42(41)35-46/h5-36H,1-4H3/b19-18+. The number of anilines is 6. The van der Waals surface area contributed by atoms with Crippen LogP contribution in [0, 0.1) is 13.8 Å². The number of benzene rings is 8. The van der Waals surface area contributed by atoms with Gasteiger partial charge in [-0.25, -0.2) is 0 Å². The van der Waals surface area contributed by atoms with E-state index < -0.39 is 0 Å². The third kappa shape index (κ3) is 6.51. The second-order valence-electron chi connectivity index (χ2n) is 15.3. The summed E-state index contributed by atoms with van der Waals surface area (Å²) in [6, 6.07) is 66.2. The smallest absolute Gasteiger partial charge is 0.0468 e. The molecule has 0 radical (unpaired) electrons. The van der Waals surface area contributed by atoms with Crippen molar-refractivity contribution in [2.45, 2.75) is 33.1 Å². The Hall–Kier alpha value is -6.64. The number of fused-ring (bicyclic) bond motifs is 4. The van der Waals surface area contributed by atoms with Crippen molar-refractivity contribution in [1.82, 2.24) is 0 Å². The van der Waals surface area contributed by atoms with Gasteiger partial charge in [0.15, 0.2) is 0 Å². The SMILES string of the molecule is Cc1cc(C)cc(N(c2ccc(/C=C/c3ccc(N(c4ccccc4)c4ccc5ccccc5c4)cc3)cc2)c2ccc3c(c2)C(C)(C)c2ccccc2-3)c1. The summed E-state index contributed by atoms with van der Waals surface area (Å²) in [4.78, 5) is 4.72. The lowest BCUT2D eigenvalue weighted by Gasteiger charge is -2.28. The molecule has 0 amide bonds. The Bertz CT molecular complexity index is 2660. The van der Waals surface area contributed by atoms with E-state index in [0.29, 0.717) is 0 Å². The molecule has 9 rings (SSSR count). The van der Waals surface area contributed by atoms with E-state index in [9.17, 15) is 0 Å². The van der Waals surface area contributed by atoms with E-state index in [1.165, 1.54) is 55.5 Å². The second-order valence-corrected chi connectivity index (χ2v) is 15.3. The van der Waals surface area contributed by atoms with Crippen LogP contribution in [0.25, 0.3) is 34.1 Å². The fourth-order valence-electron chi connectivity index (χ4n) is 8.36. The Balaban J connectivity index is 1.01. The fraction of sp³-hybridized carbons (Fsp3) is 0.0943. The topological polar surface area (TPSA) is 6.48 Å². The molecule has 55 heavy (non-hydrogen) atoms. The summed E-state index contributed by atoms with van der Waals surface area (Å²) >= 11 is 0. The first-order valence-corrected chi connectivity index (χ1v) is 19.2. The van der Waals surface area contributed by atoms with Crippen molar-refractivity contribution in [1.29, 1.82) is 0 Å². The van der Waals surface area contributed by atoms with E-state index in [1.54, 1.807) is 0 Å². The molecule has 1 aliphatic rings. The summed E-state index contributed by atoms with van der Waals surface area (Å²) in [6.45, 7) is 9.06. The maximum atomic E-state index is 2.41. The molecule has 0 fully saturated rings. The van der Waals surface area contributed by atoms with Gasteiger partial charge in [0.25, 0.3) is 0 Å². The van der Waals surface area contributed by atoms with E-state index in [4.69, 9.17) is 0 Å². The molecule has 0 saturated carbocycles. The maximum Gasteiger partial charge on any atom is 0.0468 e. The Kier molecular flexibility index (Phi) is 8.67. The Labute approximate surface area is 325 Å². The van der Waals surface area contributed by atoms with Crippen molar-refractivity contribution in [2.24, 2.45) is 0 Å². The van der Waals surface area contributed by atoms with Gasteiger partial charge in [0.05, 0.1) is 0 Å². The lowest BCUT2D eigenvalue weighted by Crippen LogP contribution is -2.16. The Morgan fingerprint density at radius 2 is 0.855 bits per heavy atom. The summed E-state index contributed by atoms with van der Waals surface area (Å²) in [6.07, 6.45) is 4.40. The van der Waals surface area contributed by atoms with Gasteiger partial charge in [0.1, 0.15) is 0 Å². The zero-order chi connectivity index (χ0) is 37.5. The molecule has 0 spiro atoms. The van der Waals surface area contributed by atoms with Gasteiger partial charge in [0.2, 0.25) is 0 Å². The van der Waals surface area contributed by atoms with Gasteiger partial charge in [-0.05, 0) is 142 Å². The molecule has 2 nitrogen and oxygen atoms in total. The van der Waals surface area contributed by atoms with Gasteiger partial charge in [-0.1, -0.05) is 135 Å². The number of rotatable bonds is 8. The van der Waals surface area contributed by atoms with Crippen LogP contribution in [-0.2, 0) is 5.41 Å². The van der Waals surface area contributed by atoms with Gasteiger partial charge in [-0.3, -0.25) is 0 Å². The highest BCUT2D eigenvalue weighted by Gasteiger charge is 2.35. The Morgan fingerprint density at radius 3 is 1.53 bits per heavy atom. The van der Waals surface area contributed by atoms with E-state index in [0.717, 1.165) is 33.9 Å². The van der Waals surface area contributed by atoms with Crippen LogP contribution in [0.15, 0.2) is 182 Å². The van der Waals surface area contributed by atoms with E-state index in [1.807, 2.05) is 0 Å². The first kappa shape index (κ1) is 34.1. The zero-order valence-corrected chi connectivity index (χ0v) is 31.9. The predicted octanol–water partition coefficient (Wildman–Crippen LogP) is 14.9. The maximum absolute atomic E-state index is 2.41.